The van der Waals surface area contributed by atoms with Gasteiger partial charge in [-0.3, -0.25) is 0 Å². The Morgan fingerprint density at radius 1 is 1.09 bits per heavy atom. The highest BCUT2D eigenvalue weighted by atomic mass is 19.1. The topological polar surface area (TPSA) is 112 Å². The SMILES string of the molecule is COC(=O)C(C)Oc1ccccc1-n1nnc2cc(F)c(-n3c(O)c4c(c3O)CCCC4)cc21. The minimum Gasteiger partial charge on any atom is -0.494 e. The van der Waals surface area contributed by atoms with Gasteiger partial charge in [0.15, 0.2) is 6.10 Å². The van der Waals surface area contributed by atoms with Gasteiger partial charge in [-0.05, 0) is 50.8 Å². The molecular weight excluding hydrogens is 443 g/mol. The summed E-state index contributed by atoms with van der Waals surface area (Å²) in [4.78, 5) is 11.8. The quantitative estimate of drug-likeness (QED) is 0.433. The molecule has 0 amide bonds. The van der Waals surface area contributed by atoms with Crippen LogP contribution in [0.15, 0.2) is 36.4 Å². The van der Waals surface area contributed by atoms with Crippen molar-refractivity contribution in [3.8, 4) is 28.9 Å². The molecule has 2 N–H and O–H groups in total. The highest BCUT2D eigenvalue weighted by Gasteiger charge is 2.27. The van der Waals surface area contributed by atoms with Gasteiger partial charge in [0.05, 0.1) is 18.3 Å². The highest BCUT2D eigenvalue weighted by Crippen LogP contribution is 2.42. The summed E-state index contributed by atoms with van der Waals surface area (Å²) < 4.78 is 28.2. The van der Waals surface area contributed by atoms with Crippen LogP contribution in [-0.2, 0) is 22.4 Å². The number of esters is 1. The average molecular weight is 466 g/mol. The molecule has 1 aliphatic rings. The molecule has 4 aromatic rings. The second-order valence-electron chi connectivity index (χ2n) is 8.19. The van der Waals surface area contributed by atoms with Crippen molar-refractivity contribution in [2.24, 2.45) is 0 Å². The Bertz CT molecular complexity index is 1380. The standard InChI is InChI=1S/C24H23FN4O5/c1-13(24(32)33-2)34-21-10-6-5-9-18(21)29-20-12-19(16(25)11-17(20)26-27-29)28-22(30)14-7-3-4-8-15(14)23(28)31/h5-6,9-13,30-31H,3-4,7-8H2,1-2H3. The first-order chi connectivity index (χ1) is 16.4. The molecule has 0 saturated carbocycles. The summed E-state index contributed by atoms with van der Waals surface area (Å²) in [6.45, 7) is 1.56. The summed E-state index contributed by atoms with van der Waals surface area (Å²) >= 11 is 0. The Hall–Kier alpha value is -4.08. The first kappa shape index (κ1) is 21.7. The molecule has 5 rings (SSSR count). The molecule has 1 aliphatic carbocycles. The molecule has 10 heteroatoms. The Balaban J connectivity index is 1.65. The fourth-order valence-corrected chi connectivity index (χ4v) is 4.41. The molecule has 1 unspecified atom stereocenters. The van der Waals surface area contributed by atoms with Crippen LogP contribution in [0.5, 0.6) is 17.5 Å². The van der Waals surface area contributed by atoms with Crippen molar-refractivity contribution in [1.29, 1.82) is 0 Å². The van der Waals surface area contributed by atoms with E-state index < -0.39 is 17.9 Å². The lowest BCUT2D eigenvalue weighted by atomic mass is 9.95. The van der Waals surface area contributed by atoms with E-state index in [0.29, 0.717) is 40.9 Å². The normalized spacial score (nSPS) is 14.1. The molecule has 1 atom stereocenters. The lowest BCUT2D eigenvalue weighted by Gasteiger charge is -2.16. The van der Waals surface area contributed by atoms with E-state index in [1.807, 2.05) is 0 Å². The molecule has 0 saturated heterocycles. The minimum absolute atomic E-state index is 0.0261. The Morgan fingerprint density at radius 3 is 2.44 bits per heavy atom. The van der Waals surface area contributed by atoms with E-state index in [1.165, 1.54) is 23.9 Å². The van der Waals surface area contributed by atoms with E-state index in [9.17, 15) is 15.0 Å². The number of fused-ring (bicyclic) bond motifs is 2. The zero-order valence-corrected chi connectivity index (χ0v) is 18.7. The van der Waals surface area contributed by atoms with E-state index in [4.69, 9.17) is 9.47 Å². The van der Waals surface area contributed by atoms with Crippen LogP contribution < -0.4 is 4.74 Å². The highest BCUT2D eigenvalue weighted by molar-refractivity contribution is 5.80. The number of halogens is 1. The van der Waals surface area contributed by atoms with Crippen molar-refractivity contribution < 1.29 is 28.9 Å². The van der Waals surface area contributed by atoms with Crippen LogP contribution in [-0.4, -0.2) is 49.0 Å². The zero-order valence-electron chi connectivity index (χ0n) is 18.7. The number of hydrogen-bond donors (Lipinski definition) is 2. The summed E-state index contributed by atoms with van der Waals surface area (Å²) in [5.41, 5.74) is 2.42. The molecular formula is C24H23FN4O5. The average Bonchev–Trinajstić information content (AvgIpc) is 3.36. The third-order valence-electron chi connectivity index (χ3n) is 6.12. The Labute approximate surface area is 193 Å². The van der Waals surface area contributed by atoms with Crippen LogP contribution in [0.2, 0.25) is 0 Å². The number of rotatable bonds is 5. The number of nitrogens with zero attached hydrogens (tertiary/aromatic N) is 4. The summed E-state index contributed by atoms with van der Waals surface area (Å²) in [5.74, 6) is -1.19. The number of para-hydroxylation sites is 2. The van der Waals surface area contributed by atoms with Crippen LogP contribution in [0.1, 0.15) is 30.9 Å². The van der Waals surface area contributed by atoms with E-state index in [2.05, 4.69) is 10.3 Å². The van der Waals surface area contributed by atoms with Crippen LogP contribution in [0.3, 0.4) is 0 Å². The van der Waals surface area contributed by atoms with Gasteiger partial charge in [-0.2, -0.15) is 0 Å². The second kappa shape index (κ2) is 8.36. The van der Waals surface area contributed by atoms with Crippen LogP contribution >= 0.6 is 0 Å². The number of benzene rings is 2. The van der Waals surface area contributed by atoms with Gasteiger partial charge in [-0.25, -0.2) is 18.4 Å². The number of carbonyl (C=O) groups is 1. The number of ether oxygens (including phenoxy) is 2. The third kappa shape index (κ3) is 3.42. The van der Waals surface area contributed by atoms with Crippen LogP contribution in [0.25, 0.3) is 22.4 Å². The molecule has 2 heterocycles. The zero-order chi connectivity index (χ0) is 24.0. The van der Waals surface area contributed by atoms with Gasteiger partial charge in [-0.1, -0.05) is 17.3 Å². The Morgan fingerprint density at radius 2 is 1.76 bits per heavy atom. The van der Waals surface area contributed by atoms with Gasteiger partial charge < -0.3 is 19.7 Å². The molecule has 2 aromatic carbocycles. The van der Waals surface area contributed by atoms with E-state index >= 15 is 4.39 Å². The molecule has 176 valence electrons. The predicted molar refractivity (Wildman–Crippen MR) is 120 cm³/mol. The third-order valence-corrected chi connectivity index (χ3v) is 6.12. The summed E-state index contributed by atoms with van der Waals surface area (Å²) in [7, 11) is 1.28. The smallest absolute Gasteiger partial charge is 0.346 e. The van der Waals surface area contributed by atoms with Crippen molar-refractivity contribution in [3.63, 3.8) is 0 Å². The van der Waals surface area contributed by atoms with Crippen LogP contribution in [0.4, 0.5) is 4.39 Å². The first-order valence-electron chi connectivity index (χ1n) is 10.9. The molecule has 0 bridgehead atoms. The van der Waals surface area contributed by atoms with Gasteiger partial charge in [0, 0.05) is 17.2 Å². The summed E-state index contributed by atoms with van der Waals surface area (Å²) in [5, 5.41) is 29.8. The molecule has 2 aromatic heterocycles. The van der Waals surface area contributed by atoms with Crippen molar-refractivity contribution in [2.75, 3.05) is 7.11 Å². The van der Waals surface area contributed by atoms with Gasteiger partial charge in [0.1, 0.15) is 22.8 Å². The largest absolute Gasteiger partial charge is 0.494 e. The number of carbonyl (C=O) groups excluding carboxylic acids is 1. The maximum absolute atomic E-state index is 15.1. The fraction of sp³-hybridized carbons (Fsp3) is 0.292. The van der Waals surface area contributed by atoms with Crippen molar-refractivity contribution in [2.45, 2.75) is 38.7 Å². The molecule has 0 fully saturated rings. The number of aromatic nitrogens is 4. The van der Waals surface area contributed by atoms with Gasteiger partial charge in [-0.15, -0.1) is 5.10 Å². The molecule has 0 spiro atoms. The number of aromatic hydroxyl groups is 2. The van der Waals surface area contributed by atoms with Crippen molar-refractivity contribution in [1.82, 2.24) is 19.6 Å². The minimum atomic E-state index is -0.867. The van der Waals surface area contributed by atoms with E-state index in [-0.39, 0.29) is 23.0 Å². The van der Waals surface area contributed by atoms with Gasteiger partial charge in [0.25, 0.3) is 0 Å². The van der Waals surface area contributed by atoms with Crippen LogP contribution in [0, 0.1) is 5.82 Å². The summed E-state index contributed by atoms with van der Waals surface area (Å²) in [6.07, 6.45) is 2.16. The molecule has 0 radical (unpaired) electrons. The predicted octanol–water partition coefficient (Wildman–Crippen LogP) is 3.58. The molecule has 0 aliphatic heterocycles. The Kier molecular flexibility index (Phi) is 5.35. The van der Waals surface area contributed by atoms with Gasteiger partial charge >= 0.3 is 5.97 Å². The van der Waals surface area contributed by atoms with Crippen molar-refractivity contribution >= 4 is 17.0 Å². The molecule has 9 nitrogen and oxygen atoms in total. The van der Waals surface area contributed by atoms with Crippen molar-refractivity contribution in [3.05, 3.63) is 53.3 Å². The maximum Gasteiger partial charge on any atom is 0.346 e. The fourth-order valence-electron chi connectivity index (χ4n) is 4.41. The number of methoxy groups -OCH3 is 1. The van der Waals surface area contributed by atoms with E-state index in [0.717, 1.165) is 17.4 Å². The lowest BCUT2D eigenvalue weighted by molar-refractivity contribution is -0.147. The second-order valence-corrected chi connectivity index (χ2v) is 8.19. The monoisotopic (exact) mass is 466 g/mol. The van der Waals surface area contributed by atoms with Gasteiger partial charge in [0.2, 0.25) is 11.8 Å². The first-order valence-corrected chi connectivity index (χ1v) is 10.9. The number of hydrogen-bond acceptors (Lipinski definition) is 7. The summed E-state index contributed by atoms with van der Waals surface area (Å²) in [6, 6.07) is 9.57. The van der Waals surface area contributed by atoms with E-state index in [1.54, 1.807) is 31.2 Å². The maximum atomic E-state index is 15.1. The molecule has 34 heavy (non-hydrogen) atoms. The lowest BCUT2D eigenvalue weighted by Crippen LogP contribution is -2.25.